The van der Waals surface area contributed by atoms with Crippen LogP contribution in [-0.2, 0) is 29.1 Å². The Hall–Kier alpha value is -7.42. The van der Waals surface area contributed by atoms with E-state index < -0.39 is 5.69 Å². The molecule has 2 amide bonds. The molecule has 0 radical (unpaired) electrons. The maximum atomic E-state index is 13.8. The number of nitriles is 1. The number of phenols is 2. The number of likely N-dealkylation sites (tertiary alicyclic amines) is 2. The topological polar surface area (TPSA) is 200 Å². The SMILES string of the molecule is C=CC(=O)N1CCN(c2nc(OCC3CN(C(=O)C4CCN(Cc5ccc(-n6c(-c7cc(C(C)C)c(O)cc7O)n[nH]c6=O)cc5)CC4)C3)nc3c2CCN(c2cccc4cccc(Cl)c24)C3)C[C@@H]1CC#N. The number of aromatic amines is 1. The van der Waals surface area contributed by atoms with Gasteiger partial charge in [0, 0.05) is 80.4 Å². The van der Waals surface area contributed by atoms with E-state index in [1.165, 1.54) is 16.7 Å². The lowest BCUT2D eigenvalue weighted by Crippen LogP contribution is -2.55. The van der Waals surface area contributed by atoms with Crippen LogP contribution in [0.15, 0.2) is 90.2 Å². The van der Waals surface area contributed by atoms with E-state index in [1.807, 2.05) is 61.2 Å². The Morgan fingerprint density at radius 3 is 2.46 bits per heavy atom. The molecule has 6 heterocycles. The van der Waals surface area contributed by atoms with Crippen LogP contribution >= 0.6 is 11.6 Å². The quantitative estimate of drug-likeness (QED) is 0.102. The number of benzene rings is 4. The van der Waals surface area contributed by atoms with E-state index in [9.17, 15) is 29.9 Å². The van der Waals surface area contributed by atoms with Crippen molar-refractivity contribution in [3.8, 4) is 40.7 Å². The summed E-state index contributed by atoms with van der Waals surface area (Å²) < 4.78 is 7.82. The Morgan fingerprint density at radius 2 is 1.72 bits per heavy atom. The van der Waals surface area contributed by atoms with Crippen LogP contribution in [-0.4, -0.2) is 126 Å². The number of nitrogens with zero attached hydrogens (tertiary/aromatic N) is 10. The molecule has 18 heteroatoms. The highest BCUT2D eigenvalue weighted by Gasteiger charge is 2.38. The molecule has 10 rings (SSSR count). The molecular formula is C54H58ClN11O6. The molecule has 3 N–H and O–H groups in total. The Balaban J connectivity index is 0.760. The van der Waals surface area contributed by atoms with Crippen molar-refractivity contribution in [2.45, 2.75) is 64.6 Å². The molecule has 372 valence electrons. The first-order valence-corrected chi connectivity index (χ1v) is 25.1. The number of H-pyrrole nitrogens is 1. The normalized spacial score (nSPS) is 17.7. The number of amides is 2. The minimum atomic E-state index is -0.448. The molecule has 0 aliphatic carbocycles. The number of carbonyl (C=O) groups excluding carboxylic acids is 2. The van der Waals surface area contributed by atoms with Crippen LogP contribution in [0.5, 0.6) is 17.5 Å². The van der Waals surface area contributed by atoms with Crippen molar-refractivity contribution in [3.05, 3.63) is 123 Å². The van der Waals surface area contributed by atoms with E-state index in [0.717, 1.165) is 71.6 Å². The third kappa shape index (κ3) is 9.56. The van der Waals surface area contributed by atoms with Crippen LogP contribution in [0.25, 0.3) is 27.8 Å². The summed E-state index contributed by atoms with van der Waals surface area (Å²) in [5.41, 5.74) is 5.09. The number of halogens is 1. The molecule has 3 fully saturated rings. The van der Waals surface area contributed by atoms with Crippen LogP contribution in [0.4, 0.5) is 11.5 Å². The number of phenolic OH excluding ortho intramolecular Hbond substituents is 2. The second-order valence-electron chi connectivity index (χ2n) is 19.6. The molecule has 3 saturated heterocycles. The molecule has 17 nitrogen and oxygen atoms in total. The van der Waals surface area contributed by atoms with E-state index in [-0.39, 0.29) is 65.4 Å². The minimum absolute atomic E-state index is 0.0139. The highest BCUT2D eigenvalue weighted by molar-refractivity contribution is 6.36. The highest BCUT2D eigenvalue weighted by Crippen LogP contribution is 2.39. The predicted octanol–water partition coefficient (Wildman–Crippen LogP) is 6.79. The van der Waals surface area contributed by atoms with Gasteiger partial charge in [-0.25, -0.2) is 14.5 Å². The molecule has 0 saturated carbocycles. The fourth-order valence-corrected chi connectivity index (χ4v) is 11.1. The van der Waals surface area contributed by atoms with Crippen LogP contribution in [0.3, 0.4) is 0 Å². The van der Waals surface area contributed by atoms with Crippen LogP contribution in [0.2, 0.25) is 5.02 Å². The van der Waals surface area contributed by atoms with Crippen molar-refractivity contribution in [2.75, 3.05) is 68.8 Å². The van der Waals surface area contributed by atoms with Gasteiger partial charge in [0.25, 0.3) is 0 Å². The molecule has 4 aromatic carbocycles. The molecule has 2 aromatic heterocycles. The van der Waals surface area contributed by atoms with Crippen molar-refractivity contribution in [1.82, 2.24) is 39.4 Å². The van der Waals surface area contributed by atoms with Gasteiger partial charge in [-0.1, -0.05) is 68.4 Å². The van der Waals surface area contributed by atoms with E-state index in [1.54, 1.807) is 11.0 Å². The summed E-state index contributed by atoms with van der Waals surface area (Å²) in [5.74, 6) is 0.860. The van der Waals surface area contributed by atoms with Crippen molar-refractivity contribution in [1.29, 1.82) is 5.26 Å². The molecular weight excluding hydrogens is 934 g/mol. The van der Waals surface area contributed by atoms with E-state index in [4.69, 9.17) is 26.3 Å². The molecule has 4 aliphatic heterocycles. The number of hydrogen-bond acceptors (Lipinski definition) is 13. The van der Waals surface area contributed by atoms with Gasteiger partial charge in [0.05, 0.1) is 53.7 Å². The van der Waals surface area contributed by atoms with Gasteiger partial charge < -0.3 is 34.5 Å². The molecule has 0 bridgehead atoms. The Morgan fingerprint density at radius 1 is 0.958 bits per heavy atom. The second kappa shape index (κ2) is 20.4. The van der Waals surface area contributed by atoms with E-state index >= 15 is 0 Å². The fourth-order valence-electron chi connectivity index (χ4n) is 10.8. The number of piperazine rings is 1. The van der Waals surface area contributed by atoms with Gasteiger partial charge >= 0.3 is 11.7 Å². The number of aromatic nitrogens is 5. The second-order valence-corrected chi connectivity index (χ2v) is 20.1. The van der Waals surface area contributed by atoms with Crippen molar-refractivity contribution < 1.29 is 24.5 Å². The molecule has 1 atom stereocenters. The average molecular weight is 993 g/mol. The smallest absolute Gasteiger partial charge is 0.348 e. The molecule has 6 aromatic rings. The summed E-state index contributed by atoms with van der Waals surface area (Å²) in [4.78, 5) is 60.0. The molecule has 72 heavy (non-hydrogen) atoms. The van der Waals surface area contributed by atoms with Crippen molar-refractivity contribution >= 4 is 45.7 Å². The number of piperidine rings is 1. The summed E-state index contributed by atoms with van der Waals surface area (Å²) in [5, 5.41) is 40.2. The predicted molar refractivity (Wildman–Crippen MR) is 274 cm³/mol. The molecule has 4 aliphatic rings. The zero-order valence-electron chi connectivity index (χ0n) is 40.5. The van der Waals surface area contributed by atoms with Gasteiger partial charge in [0.1, 0.15) is 17.3 Å². The first-order chi connectivity index (χ1) is 34.9. The zero-order chi connectivity index (χ0) is 50.2. The number of ether oxygens (including phenoxy) is 1. The summed E-state index contributed by atoms with van der Waals surface area (Å²) >= 11 is 6.78. The number of hydrogen-bond donors (Lipinski definition) is 3. The van der Waals surface area contributed by atoms with Crippen molar-refractivity contribution in [2.24, 2.45) is 11.8 Å². The molecule has 0 unspecified atom stereocenters. The number of fused-ring (bicyclic) bond motifs is 2. The lowest BCUT2D eigenvalue weighted by Gasteiger charge is -2.43. The van der Waals surface area contributed by atoms with Crippen LogP contribution in [0, 0.1) is 23.2 Å². The lowest BCUT2D eigenvalue weighted by molar-refractivity contribution is -0.144. The highest BCUT2D eigenvalue weighted by atomic mass is 35.5. The number of anilines is 2. The Bertz CT molecular complexity index is 3130. The van der Waals surface area contributed by atoms with Gasteiger partial charge in [0.2, 0.25) is 11.8 Å². The average Bonchev–Trinajstić information content (AvgIpc) is 3.75. The van der Waals surface area contributed by atoms with E-state index in [0.29, 0.717) is 80.7 Å². The monoisotopic (exact) mass is 991 g/mol. The van der Waals surface area contributed by atoms with Crippen LogP contribution < -0.4 is 20.2 Å². The molecule has 0 spiro atoms. The Labute approximate surface area is 422 Å². The number of nitrogens with one attached hydrogen (secondary N) is 1. The van der Waals surface area contributed by atoms with Gasteiger partial charge in [-0.3, -0.25) is 14.5 Å². The maximum absolute atomic E-state index is 13.8. The largest absolute Gasteiger partial charge is 0.508 e. The Kier molecular flexibility index (Phi) is 13.6. The third-order valence-electron chi connectivity index (χ3n) is 14.7. The zero-order valence-corrected chi connectivity index (χ0v) is 41.3. The summed E-state index contributed by atoms with van der Waals surface area (Å²) in [6.45, 7) is 14.0. The maximum Gasteiger partial charge on any atom is 0.348 e. The number of rotatable bonds is 13. The third-order valence-corrected chi connectivity index (χ3v) is 15.0. The van der Waals surface area contributed by atoms with Crippen LogP contribution in [0.1, 0.15) is 61.4 Å². The van der Waals surface area contributed by atoms with Gasteiger partial charge in [-0.05, 0) is 91.2 Å². The fraction of sp³-hybridized carbons (Fsp3) is 0.389. The summed E-state index contributed by atoms with van der Waals surface area (Å²) in [6.07, 6.45) is 3.69. The summed E-state index contributed by atoms with van der Waals surface area (Å²) in [7, 11) is 0. The summed E-state index contributed by atoms with van der Waals surface area (Å²) in [6, 6.07) is 24.9. The number of carbonyl (C=O) groups is 2. The standard InChI is InChI=1S/C54H58ClN11O6/c1-4-48(69)65-24-23-63(30-39(65)15-19-56)50-40-18-22-62(45-10-6-8-36-7-5-9-43(55)49(36)45)31-44(40)57-53(58-50)72-32-35-28-64(29-35)52(70)37-16-20-61(21-17-37)27-34-11-13-38(14-12-34)66-51(59-60-54(66)71)42-25-41(33(2)3)46(67)26-47(42)68/h4-14,25-26,33,35,37,39,67-68H,1,15-18,20-24,27-32H2,2-3H3,(H,60,71)/t39-/m0/s1. The van der Waals surface area contributed by atoms with E-state index in [2.05, 4.69) is 55.7 Å². The first-order valence-electron chi connectivity index (χ1n) is 24.7. The number of aromatic hydroxyl groups is 2. The lowest BCUT2D eigenvalue weighted by atomic mass is 9.91. The van der Waals surface area contributed by atoms with Crippen molar-refractivity contribution in [3.63, 3.8) is 0 Å². The van der Waals surface area contributed by atoms with Gasteiger partial charge in [-0.15, -0.1) is 0 Å². The van der Waals surface area contributed by atoms with Gasteiger partial charge in [0.15, 0.2) is 5.82 Å². The van der Waals surface area contributed by atoms with Gasteiger partial charge in [-0.2, -0.15) is 20.3 Å². The first kappa shape index (κ1) is 48.2. The minimum Gasteiger partial charge on any atom is -0.508 e.